The van der Waals surface area contributed by atoms with E-state index in [1.54, 1.807) is 83.8 Å². The van der Waals surface area contributed by atoms with Crippen molar-refractivity contribution in [3.05, 3.63) is 102 Å². The van der Waals surface area contributed by atoms with E-state index in [1.807, 2.05) is 6.07 Å². The number of pyridine rings is 1. The lowest BCUT2D eigenvalue weighted by Gasteiger charge is -2.18. The van der Waals surface area contributed by atoms with Crippen LogP contribution in [0.1, 0.15) is 26.3 Å². The zero-order valence-electron chi connectivity index (χ0n) is 16.2. The number of hydrogen-bond donors (Lipinski definition) is 0. The van der Waals surface area contributed by atoms with Crippen molar-refractivity contribution in [1.82, 2.24) is 14.5 Å². The standard InChI is InChI=1S/C23H16N4O3S/c28-21-17-8-2-3-9-18(17)22(29)27(21)19-10-4-1-7-16(19)15-31(30)23-25-13-14-26(23)20-11-5-6-12-24-20/h1-14H,15H2. The normalized spacial score (nSPS) is 14.0. The minimum Gasteiger partial charge on any atom is -0.277 e. The van der Waals surface area contributed by atoms with Gasteiger partial charge in [-0.05, 0) is 35.9 Å². The molecule has 4 aromatic rings. The molecule has 0 saturated carbocycles. The average Bonchev–Trinajstić information content (AvgIpc) is 3.39. The Kier molecular flexibility index (Phi) is 4.76. The number of rotatable bonds is 5. The number of para-hydroxylation sites is 1. The van der Waals surface area contributed by atoms with E-state index in [2.05, 4.69) is 9.97 Å². The second kappa shape index (κ2) is 7.73. The molecule has 31 heavy (non-hydrogen) atoms. The van der Waals surface area contributed by atoms with E-state index in [0.717, 1.165) is 4.90 Å². The monoisotopic (exact) mass is 428 g/mol. The van der Waals surface area contributed by atoms with Gasteiger partial charge in [-0.15, -0.1) is 0 Å². The maximum absolute atomic E-state index is 13.2. The molecule has 0 N–H and O–H groups in total. The summed E-state index contributed by atoms with van der Waals surface area (Å²) >= 11 is 0. The highest BCUT2D eigenvalue weighted by molar-refractivity contribution is 7.84. The highest BCUT2D eigenvalue weighted by Gasteiger charge is 2.37. The number of carbonyl (C=O) groups excluding carboxylic acids is 2. The van der Waals surface area contributed by atoms with Crippen molar-refractivity contribution in [3.63, 3.8) is 0 Å². The molecule has 0 fully saturated rings. The molecule has 1 unspecified atom stereocenters. The van der Waals surface area contributed by atoms with E-state index in [4.69, 9.17) is 0 Å². The molecule has 2 aromatic heterocycles. The number of fused-ring (bicyclic) bond motifs is 1. The van der Waals surface area contributed by atoms with Crippen molar-refractivity contribution < 1.29 is 13.8 Å². The fourth-order valence-corrected chi connectivity index (χ4v) is 4.80. The lowest BCUT2D eigenvalue weighted by molar-refractivity contribution is 0.0926. The summed E-state index contributed by atoms with van der Waals surface area (Å²) in [4.78, 5) is 35.5. The first-order valence-corrected chi connectivity index (χ1v) is 10.9. The van der Waals surface area contributed by atoms with Gasteiger partial charge in [0.15, 0.2) is 0 Å². The third kappa shape index (κ3) is 3.27. The minimum absolute atomic E-state index is 0.0907. The predicted octanol–water partition coefficient (Wildman–Crippen LogP) is 3.38. The van der Waals surface area contributed by atoms with Gasteiger partial charge in [0.1, 0.15) is 5.82 Å². The number of aromatic nitrogens is 3. The van der Waals surface area contributed by atoms with Gasteiger partial charge in [-0.25, -0.2) is 14.9 Å². The number of anilines is 1. The fourth-order valence-electron chi connectivity index (χ4n) is 3.59. The zero-order valence-corrected chi connectivity index (χ0v) is 17.0. The molecule has 7 nitrogen and oxygen atoms in total. The Balaban J connectivity index is 1.49. The SMILES string of the molecule is O=C1c2ccccc2C(=O)N1c1ccccc1CS(=O)c1nccn1-c1ccccn1. The zero-order chi connectivity index (χ0) is 21.4. The van der Waals surface area contributed by atoms with Crippen molar-refractivity contribution in [1.29, 1.82) is 0 Å². The number of benzene rings is 2. The number of imidazole rings is 1. The molecule has 152 valence electrons. The number of imide groups is 1. The number of nitrogens with zero attached hydrogens (tertiary/aromatic N) is 4. The van der Waals surface area contributed by atoms with E-state index in [1.165, 1.54) is 0 Å². The molecule has 8 heteroatoms. The fraction of sp³-hybridized carbons (Fsp3) is 0.0435. The Hall–Kier alpha value is -3.91. The molecular weight excluding hydrogens is 412 g/mol. The van der Waals surface area contributed by atoms with Gasteiger partial charge in [0.25, 0.3) is 11.8 Å². The smallest absolute Gasteiger partial charge is 0.266 e. The summed E-state index contributed by atoms with van der Waals surface area (Å²) in [7, 11) is -1.54. The first-order valence-electron chi connectivity index (χ1n) is 9.54. The van der Waals surface area contributed by atoms with Gasteiger partial charge < -0.3 is 0 Å². The van der Waals surface area contributed by atoms with Crippen LogP contribution in [0.25, 0.3) is 5.82 Å². The molecule has 0 radical (unpaired) electrons. The van der Waals surface area contributed by atoms with Gasteiger partial charge in [-0.3, -0.25) is 18.4 Å². The molecule has 0 saturated heterocycles. The maximum Gasteiger partial charge on any atom is 0.266 e. The van der Waals surface area contributed by atoms with E-state index in [0.29, 0.717) is 33.4 Å². The summed E-state index contributed by atoms with van der Waals surface area (Å²) in [5, 5.41) is 0.343. The van der Waals surface area contributed by atoms with Crippen molar-refractivity contribution in [2.75, 3.05) is 4.90 Å². The second-order valence-corrected chi connectivity index (χ2v) is 8.22. The summed E-state index contributed by atoms with van der Waals surface area (Å²) < 4.78 is 14.9. The first kappa shape index (κ1) is 19.1. The van der Waals surface area contributed by atoms with Crippen LogP contribution in [0.5, 0.6) is 0 Å². The van der Waals surface area contributed by atoms with Crippen LogP contribution in [0, 0.1) is 0 Å². The quantitative estimate of drug-likeness (QED) is 0.455. The molecule has 3 heterocycles. The summed E-state index contributed by atoms with van der Waals surface area (Å²) in [6, 6.07) is 19.2. The van der Waals surface area contributed by atoms with Crippen LogP contribution in [0.15, 0.2) is 90.5 Å². The molecule has 5 rings (SSSR count). The summed E-state index contributed by atoms with van der Waals surface area (Å²) in [6.07, 6.45) is 4.92. The molecule has 0 aliphatic carbocycles. The third-order valence-corrected chi connectivity index (χ3v) is 6.30. The summed E-state index contributed by atoms with van der Waals surface area (Å²) in [5.41, 5.74) is 1.78. The first-order chi connectivity index (χ1) is 15.1. The molecule has 1 atom stereocenters. The lowest BCUT2D eigenvalue weighted by atomic mass is 10.1. The van der Waals surface area contributed by atoms with Crippen LogP contribution >= 0.6 is 0 Å². The summed E-state index contributed by atoms with van der Waals surface area (Å²) in [5.74, 6) is -0.0624. The molecule has 2 aromatic carbocycles. The Morgan fingerprint density at radius 2 is 1.45 bits per heavy atom. The Morgan fingerprint density at radius 1 is 0.774 bits per heavy atom. The Morgan fingerprint density at radius 3 is 2.16 bits per heavy atom. The second-order valence-electron chi connectivity index (χ2n) is 6.88. The van der Waals surface area contributed by atoms with E-state index >= 15 is 0 Å². The van der Waals surface area contributed by atoms with Crippen molar-refractivity contribution in [3.8, 4) is 5.82 Å². The van der Waals surface area contributed by atoms with Crippen molar-refractivity contribution >= 4 is 28.3 Å². The van der Waals surface area contributed by atoms with Gasteiger partial charge in [0.2, 0.25) is 5.16 Å². The summed E-state index contributed by atoms with van der Waals surface area (Å²) in [6.45, 7) is 0. The van der Waals surface area contributed by atoms with Gasteiger partial charge in [-0.1, -0.05) is 36.4 Å². The number of amides is 2. The van der Waals surface area contributed by atoms with Crippen molar-refractivity contribution in [2.24, 2.45) is 0 Å². The van der Waals surface area contributed by atoms with Crippen LogP contribution in [0.2, 0.25) is 0 Å². The van der Waals surface area contributed by atoms with E-state index in [-0.39, 0.29) is 17.6 Å². The molecule has 2 amide bonds. The lowest BCUT2D eigenvalue weighted by Crippen LogP contribution is -2.30. The third-order valence-electron chi connectivity index (χ3n) is 5.02. The van der Waals surface area contributed by atoms with Crippen LogP contribution < -0.4 is 4.90 Å². The molecular formula is C23H16N4O3S. The van der Waals surface area contributed by atoms with Gasteiger partial charge >= 0.3 is 0 Å². The topological polar surface area (TPSA) is 85.2 Å². The van der Waals surface area contributed by atoms with Crippen LogP contribution in [-0.2, 0) is 16.6 Å². The van der Waals surface area contributed by atoms with Gasteiger partial charge in [0.05, 0.1) is 33.4 Å². The number of carbonyl (C=O) groups is 2. The Bertz CT molecular complexity index is 1300. The molecule has 0 spiro atoms. The van der Waals surface area contributed by atoms with Gasteiger partial charge in [0, 0.05) is 18.6 Å². The van der Waals surface area contributed by atoms with Crippen LogP contribution in [0.3, 0.4) is 0 Å². The van der Waals surface area contributed by atoms with E-state index in [9.17, 15) is 13.8 Å². The predicted molar refractivity (Wildman–Crippen MR) is 115 cm³/mol. The highest BCUT2D eigenvalue weighted by atomic mass is 32.2. The molecule has 0 bridgehead atoms. The highest BCUT2D eigenvalue weighted by Crippen LogP contribution is 2.31. The maximum atomic E-state index is 13.2. The minimum atomic E-state index is -1.54. The largest absolute Gasteiger partial charge is 0.277 e. The van der Waals surface area contributed by atoms with Crippen LogP contribution in [0.4, 0.5) is 5.69 Å². The van der Waals surface area contributed by atoms with E-state index < -0.39 is 10.8 Å². The molecule has 1 aliphatic rings. The van der Waals surface area contributed by atoms with Gasteiger partial charge in [-0.2, -0.15) is 0 Å². The average molecular weight is 428 g/mol. The molecule has 1 aliphatic heterocycles. The van der Waals surface area contributed by atoms with Crippen molar-refractivity contribution in [2.45, 2.75) is 10.9 Å². The van der Waals surface area contributed by atoms with Crippen LogP contribution in [-0.4, -0.2) is 30.6 Å². The Labute approximate surface area is 180 Å². The number of hydrogen-bond acceptors (Lipinski definition) is 5.